The number of hydrogen-bond donors (Lipinski definition) is 3. The van der Waals surface area contributed by atoms with Crippen LogP contribution in [0.3, 0.4) is 0 Å². The van der Waals surface area contributed by atoms with E-state index < -0.39 is 24.3 Å². The first-order chi connectivity index (χ1) is 9.80. The van der Waals surface area contributed by atoms with E-state index in [1.807, 2.05) is 0 Å². The summed E-state index contributed by atoms with van der Waals surface area (Å²) in [5, 5.41) is 7.08. The van der Waals surface area contributed by atoms with Gasteiger partial charge in [-0.15, -0.1) is 8.78 Å². The normalized spacial score (nSPS) is 16.0. The highest BCUT2D eigenvalue weighted by Gasteiger charge is 2.43. The van der Waals surface area contributed by atoms with E-state index in [1.165, 1.54) is 32.2 Å². The van der Waals surface area contributed by atoms with Crippen LogP contribution in [-0.2, 0) is 4.79 Å². The van der Waals surface area contributed by atoms with Crippen molar-refractivity contribution in [1.29, 1.82) is 0 Å². The monoisotopic (exact) mass is 301 g/mol. The zero-order valence-electron chi connectivity index (χ0n) is 11.2. The van der Waals surface area contributed by atoms with Gasteiger partial charge in [0.1, 0.15) is 6.04 Å². The van der Waals surface area contributed by atoms with Crippen LogP contribution in [-0.4, -0.2) is 31.3 Å². The maximum atomic E-state index is 12.9. The lowest BCUT2D eigenvalue weighted by molar-refractivity contribution is -0.286. The van der Waals surface area contributed by atoms with Crippen LogP contribution in [0.15, 0.2) is 18.2 Å². The van der Waals surface area contributed by atoms with Crippen LogP contribution in [0.4, 0.5) is 19.3 Å². The fourth-order valence-corrected chi connectivity index (χ4v) is 1.64. The number of hydrogen-bond acceptors (Lipinski definition) is 5. The van der Waals surface area contributed by atoms with Gasteiger partial charge in [0.25, 0.3) is 0 Å². The minimum atomic E-state index is -3.69. The molecule has 0 saturated carbocycles. The van der Waals surface area contributed by atoms with Crippen molar-refractivity contribution in [3.05, 3.63) is 18.2 Å². The van der Waals surface area contributed by atoms with E-state index in [0.29, 0.717) is 5.69 Å². The Hall–Kier alpha value is -2.58. The fourth-order valence-electron chi connectivity index (χ4n) is 1.64. The number of alkyl halides is 2. The molecule has 0 radical (unpaired) electrons. The van der Waals surface area contributed by atoms with Crippen LogP contribution in [0.1, 0.15) is 6.92 Å². The lowest BCUT2D eigenvalue weighted by atomic mass is 10.2. The lowest BCUT2D eigenvalue weighted by Gasteiger charge is -2.14. The van der Waals surface area contributed by atoms with Crippen molar-refractivity contribution in [2.75, 3.05) is 12.4 Å². The molecule has 21 heavy (non-hydrogen) atoms. The van der Waals surface area contributed by atoms with E-state index in [-0.39, 0.29) is 11.5 Å². The summed E-state index contributed by atoms with van der Waals surface area (Å²) in [6.07, 6.45) is -3.69. The highest BCUT2D eigenvalue weighted by Crippen LogP contribution is 2.42. The van der Waals surface area contributed by atoms with Crippen LogP contribution >= 0.6 is 0 Å². The van der Waals surface area contributed by atoms with Gasteiger partial charge in [0.05, 0.1) is 0 Å². The zero-order chi connectivity index (χ0) is 15.6. The van der Waals surface area contributed by atoms with E-state index in [1.54, 1.807) is 0 Å². The highest BCUT2D eigenvalue weighted by atomic mass is 19.3. The molecule has 7 nitrogen and oxygen atoms in total. The third kappa shape index (κ3) is 3.50. The quantitative estimate of drug-likeness (QED) is 0.782. The fraction of sp³-hybridized carbons (Fsp3) is 0.333. The Morgan fingerprint density at radius 3 is 2.57 bits per heavy atom. The van der Waals surface area contributed by atoms with Gasteiger partial charge >= 0.3 is 12.3 Å². The first-order valence-corrected chi connectivity index (χ1v) is 6.00. The topological polar surface area (TPSA) is 88.7 Å². The smallest absolute Gasteiger partial charge is 0.395 e. The van der Waals surface area contributed by atoms with Gasteiger partial charge in [-0.3, -0.25) is 10.1 Å². The molecule has 0 spiro atoms. The van der Waals surface area contributed by atoms with E-state index in [0.717, 1.165) is 0 Å². The van der Waals surface area contributed by atoms with Crippen molar-refractivity contribution in [1.82, 2.24) is 10.6 Å². The molecule has 1 aliphatic rings. The van der Waals surface area contributed by atoms with Gasteiger partial charge in [0.15, 0.2) is 11.5 Å². The van der Waals surface area contributed by atoms with E-state index in [4.69, 9.17) is 0 Å². The molecule has 1 aromatic rings. The van der Waals surface area contributed by atoms with Gasteiger partial charge in [0, 0.05) is 18.8 Å². The van der Waals surface area contributed by atoms with E-state index in [9.17, 15) is 18.4 Å². The Bertz CT molecular complexity index is 580. The Balaban J connectivity index is 2.01. The van der Waals surface area contributed by atoms with Gasteiger partial charge in [-0.25, -0.2) is 4.79 Å². The van der Waals surface area contributed by atoms with Crippen LogP contribution in [0, 0.1) is 0 Å². The standard InChI is InChI=1S/C12H13F2N3O4/c1-6(10(18)17-11(19)15-2)16-7-3-4-8-9(5-7)21-12(13,14)20-8/h3-6,16H,1-2H3,(H2,15,17,18,19). The Morgan fingerprint density at radius 2 is 1.90 bits per heavy atom. The summed E-state index contributed by atoms with van der Waals surface area (Å²) in [7, 11) is 1.37. The maximum absolute atomic E-state index is 12.9. The first kappa shape index (κ1) is 14.8. The number of urea groups is 1. The van der Waals surface area contributed by atoms with Gasteiger partial charge < -0.3 is 20.1 Å². The van der Waals surface area contributed by atoms with E-state index >= 15 is 0 Å². The number of imide groups is 1. The van der Waals surface area contributed by atoms with Crippen molar-refractivity contribution in [3.63, 3.8) is 0 Å². The molecule has 3 amide bonds. The lowest BCUT2D eigenvalue weighted by Crippen LogP contribution is -2.44. The Kier molecular flexibility index (Phi) is 3.83. The third-order valence-electron chi connectivity index (χ3n) is 2.64. The maximum Gasteiger partial charge on any atom is 0.586 e. The average Bonchev–Trinajstić information content (AvgIpc) is 2.71. The van der Waals surface area contributed by atoms with Gasteiger partial charge in [0.2, 0.25) is 5.91 Å². The number of rotatable bonds is 3. The summed E-state index contributed by atoms with van der Waals surface area (Å²) >= 11 is 0. The van der Waals surface area contributed by atoms with E-state index in [2.05, 4.69) is 25.4 Å². The van der Waals surface area contributed by atoms with Gasteiger partial charge in [-0.05, 0) is 19.1 Å². The number of nitrogens with one attached hydrogen (secondary N) is 3. The molecule has 1 heterocycles. The summed E-state index contributed by atoms with van der Waals surface area (Å²) in [5.74, 6) is -0.797. The molecular weight excluding hydrogens is 288 g/mol. The van der Waals surface area contributed by atoms with Crippen LogP contribution in [0.25, 0.3) is 0 Å². The van der Waals surface area contributed by atoms with Crippen LogP contribution < -0.4 is 25.4 Å². The van der Waals surface area contributed by atoms with Crippen LogP contribution in [0.2, 0.25) is 0 Å². The minimum absolute atomic E-state index is 0.0898. The number of amides is 3. The second-order valence-electron chi connectivity index (χ2n) is 4.26. The molecule has 0 aromatic heterocycles. The molecule has 1 aliphatic heterocycles. The molecule has 0 saturated heterocycles. The second kappa shape index (κ2) is 5.43. The predicted molar refractivity (Wildman–Crippen MR) is 68.3 cm³/mol. The minimum Gasteiger partial charge on any atom is -0.395 e. The van der Waals surface area contributed by atoms with Crippen molar-refractivity contribution in [3.8, 4) is 11.5 Å². The average molecular weight is 301 g/mol. The van der Waals surface area contributed by atoms with Crippen molar-refractivity contribution >= 4 is 17.6 Å². The number of carbonyl (C=O) groups excluding carboxylic acids is 2. The number of benzene rings is 1. The number of ether oxygens (including phenoxy) is 2. The number of fused-ring (bicyclic) bond motifs is 1. The number of halogens is 2. The second-order valence-corrected chi connectivity index (χ2v) is 4.26. The molecule has 0 fully saturated rings. The molecule has 0 aliphatic carbocycles. The van der Waals surface area contributed by atoms with Crippen molar-refractivity contribution in [2.24, 2.45) is 0 Å². The Labute approximate surface area is 118 Å². The molecule has 9 heteroatoms. The molecule has 0 bridgehead atoms. The molecular formula is C12H13F2N3O4. The molecule has 1 atom stereocenters. The van der Waals surface area contributed by atoms with Crippen molar-refractivity contribution < 1.29 is 27.8 Å². The third-order valence-corrected chi connectivity index (χ3v) is 2.64. The predicted octanol–water partition coefficient (Wildman–Crippen LogP) is 1.26. The number of carbonyl (C=O) groups is 2. The summed E-state index contributed by atoms with van der Waals surface area (Å²) in [6.45, 7) is 1.51. The van der Waals surface area contributed by atoms with Crippen molar-refractivity contribution in [2.45, 2.75) is 19.3 Å². The largest absolute Gasteiger partial charge is 0.586 e. The molecule has 1 unspecified atom stereocenters. The molecule has 1 aromatic carbocycles. The summed E-state index contributed by atoms with van der Waals surface area (Å²) in [4.78, 5) is 22.7. The summed E-state index contributed by atoms with van der Waals surface area (Å²) in [6, 6.07) is 2.62. The molecule has 2 rings (SSSR count). The van der Waals surface area contributed by atoms with Gasteiger partial charge in [-0.1, -0.05) is 0 Å². The molecule has 3 N–H and O–H groups in total. The zero-order valence-corrected chi connectivity index (χ0v) is 11.2. The Morgan fingerprint density at radius 1 is 1.24 bits per heavy atom. The first-order valence-electron chi connectivity index (χ1n) is 6.00. The number of anilines is 1. The molecule has 114 valence electrons. The SMILES string of the molecule is CNC(=O)NC(=O)C(C)Nc1ccc2c(c1)OC(F)(F)O2. The van der Waals surface area contributed by atoms with Crippen LogP contribution in [0.5, 0.6) is 11.5 Å². The summed E-state index contributed by atoms with van der Waals surface area (Å²) in [5.41, 5.74) is 0.370. The van der Waals surface area contributed by atoms with Gasteiger partial charge in [-0.2, -0.15) is 0 Å². The summed E-state index contributed by atoms with van der Waals surface area (Å²) < 4.78 is 34.3. The highest BCUT2D eigenvalue weighted by molar-refractivity contribution is 5.97.